The maximum absolute atomic E-state index is 12.5. The maximum Gasteiger partial charge on any atom is 0.321 e. The molecule has 0 radical (unpaired) electrons. The summed E-state index contributed by atoms with van der Waals surface area (Å²) in [5.41, 5.74) is 1.13. The van der Waals surface area contributed by atoms with Gasteiger partial charge in [-0.3, -0.25) is 4.79 Å². The van der Waals surface area contributed by atoms with Crippen LogP contribution < -0.4 is 0 Å². The van der Waals surface area contributed by atoms with Crippen LogP contribution in [0.2, 0.25) is 0 Å². The molecule has 3 rings (SSSR count). The lowest BCUT2D eigenvalue weighted by Gasteiger charge is -2.28. The molecule has 0 spiro atoms. The maximum atomic E-state index is 12.5. The summed E-state index contributed by atoms with van der Waals surface area (Å²) in [6.07, 6.45) is 4.07. The van der Waals surface area contributed by atoms with Crippen molar-refractivity contribution in [3.05, 3.63) is 48.0 Å². The lowest BCUT2D eigenvalue weighted by molar-refractivity contribution is -0.780. The lowest BCUT2D eigenvalue weighted by atomic mass is 10.0. The third-order valence-corrected chi connectivity index (χ3v) is 5.71. The van der Waals surface area contributed by atoms with Crippen molar-refractivity contribution in [3.63, 3.8) is 0 Å². The molecule has 4 nitrogen and oxygen atoms in total. The van der Waals surface area contributed by atoms with Crippen LogP contribution in [0.25, 0.3) is 10.8 Å². The number of quaternary nitrogens is 1. The predicted octanol–water partition coefficient (Wildman–Crippen LogP) is 3.80. The van der Waals surface area contributed by atoms with Crippen molar-refractivity contribution in [3.8, 4) is 0 Å². The zero-order valence-corrected chi connectivity index (χ0v) is 15.3. The van der Waals surface area contributed by atoms with Gasteiger partial charge in [0.25, 0.3) is 0 Å². The first kappa shape index (κ1) is 18.5. The van der Waals surface area contributed by atoms with Crippen LogP contribution in [-0.4, -0.2) is 35.2 Å². The molecule has 4 heteroatoms. The summed E-state index contributed by atoms with van der Waals surface area (Å²) in [6, 6.07) is 14.4. The largest absolute Gasteiger partial charge is 0.321 e. The predicted molar refractivity (Wildman–Crippen MR) is 101 cm³/mol. The number of fused-ring (bicyclic) bond motifs is 1. The van der Waals surface area contributed by atoms with E-state index < -0.39 is 0 Å². The summed E-state index contributed by atoms with van der Waals surface area (Å²) in [5.74, 6) is -0.0218. The fourth-order valence-corrected chi connectivity index (χ4v) is 3.94. The first-order chi connectivity index (χ1) is 12.5. The molecule has 136 valence electrons. The van der Waals surface area contributed by atoms with Gasteiger partial charge < -0.3 is 0 Å². The number of benzene rings is 2. The van der Waals surface area contributed by atoms with Crippen molar-refractivity contribution in [1.82, 2.24) is 0 Å². The van der Waals surface area contributed by atoms with Crippen molar-refractivity contribution in [1.29, 1.82) is 0 Å². The number of carbonyl (C=O) groups excluding carboxylic acids is 3. The number of Topliss-reactive ketones (excluding diaryl/α,β-unsaturated/α-hetero) is 1. The molecule has 26 heavy (non-hydrogen) atoms. The number of rotatable bonds is 7. The Morgan fingerprint density at radius 2 is 1.85 bits per heavy atom. The van der Waals surface area contributed by atoms with Gasteiger partial charge in [-0.15, -0.1) is 0 Å². The van der Waals surface area contributed by atoms with E-state index in [1.165, 1.54) is 10.8 Å². The van der Waals surface area contributed by atoms with E-state index in [2.05, 4.69) is 30.3 Å². The molecule has 0 saturated carbocycles. The van der Waals surface area contributed by atoms with E-state index >= 15 is 0 Å². The molecule has 1 aliphatic rings. The Labute approximate surface area is 154 Å². The molecule has 1 heterocycles. The van der Waals surface area contributed by atoms with Crippen molar-refractivity contribution >= 4 is 28.9 Å². The van der Waals surface area contributed by atoms with Crippen LogP contribution >= 0.6 is 0 Å². The fourth-order valence-electron chi connectivity index (χ4n) is 3.94. The summed E-state index contributed by atoms with van der Waals surface area (Å²) in [4.78, 5) is 36.3. The Hall–Kier alpha value is -2.33. The van der Waals surface area contributed by atoms with Crippen molar-refractivity contribution < 1.29 is 18.9 Å². The highest BCUT2D eigenvalue weighted by Gasteiger charge is 2.45. The first-order valence-electron chi connectivity index (χ1n) is 9.42. The van der Waals surface area contributed by atoms with E-state index in [1.54, 1.807) is 0 Å². The molecule has 2 amide bonds. The minimum absolute atomic E-state index is 0.0349. The van der Waals surface area contributed by atoms with Gasteiger partial charge in [0.05, 0.1) is 13.0 Å². The van der Waals surface area contributed by atoms with Crippen LogP contribution in [0.15, 0.2) is 42.5 Å². The second-order valence-corrected chi connectivity index (χ2v) is 7.36. The molecular formula is C22H26NO3+. The molecule has 2 atom stereocenters. The summed E-state index contributed by atoms with van der Waals surface area (Å²) in [6.45, 7) is 2.52. The number of imide groups is 1. The first-order valence-corrected chi connectivity index (χ1v) is 9.42. The number of nitrogens with zero attached hydrogens (tertiary/aromatic N) is 1. The highest BCUT2D eigenvalue weighted by Crippen LogP contribution is 2.26. The molecular weight excluding hydrogens is 326 g/mol. The second-order valence-electron chi connectivity index (χ2n) is 7.36. The van der Waals surface area contributed by atoms with Crippen LogP contribution in [-0.2, 0) is 20.8 Å². The lowest BCUT2D eigenvalue weighted by Crippen LogP contribution is -2.53. The monoisotopic (exact) mass is 352 g/mol. The van der Waals surface area contributed by atoms with Gasteiger partial charge in [0, 0.05) is 25.7 Å². The molecule has 0 bridgehead atoms. The van der Waals surface area contributed by atoms with Gasteiger partial charge >= 0.3 is 12.3 Å². The van der Waals surface area contributed by atoms with Crippen LogP contribution in [0, 0.1) is 0 Å². The molecule has 1 fully saturated rings. The third kappa shape index (κ3) is 3.75. The normalized spacial score (nSPS) is 22.4. The van der Waals surface area contributed by atoms with E-state index in [0.29, 0.717) is 19.4 Å². The molecule has 1 unspecified atom stereocenters. The average molecular weight is 352 g/mol. The van der Waals surface area contributed by atoms with Crippen molar-refractivity contribution in [2.75, 3.05) is 6.54 Å². The van der Waals surface area contributed by atoms with Gasteiger partial charge in [0.15, 0.2) is 0 Å². The number of ketones is 1. The zero-order chi connectivity index (χ0) is 18.6. The minimum Gasteiger partial charge on any atom is -0.300 e. The molecule has 0 N–H and O–H groups in total. The van der Waals surface area contributed by atoms with Gasteiger partial charge in [-0.2, -0.15) is 4.48 Å². The highest BCUT2D eigenvalue weighted by molar-refractivity contribution is 5.85. The van der Waals surface area contributed by atoms with Gasteiger partial charge in [-0.1, -0.05) is 42.5 Å². The topological polar surface area (TPSA) is 51.2 Å². The molecule has 0 aliphatic carbocycles. The molecule has 2 aromatic rings. The van der Waals surface area contributed by atoms with Crippen molar-refractivity contribution in [2.24, 2.45) is 0 Å². The van der Waals surface area contributed by atoms with Gasteiger partial charge in [-0.05, 0) is 29.7 Å². The number of carbonyl (C=O) groups is 3. The molecule has 2 aromatic carbocycles. The van der Waals surface area contributed by atoms with E-state index in [-0.39, 0.29) is 35.1 Å². The number of aryl methyl sites for hydroxylation is 1. The van der Waals surface area contributed by atoms with Crippen molar-refractivity contribution in [2.45, 2.75) is 51.5 Å². The standard InChI is InChI=1S/C22H26NO3/c1-17-5-4-14-23(17,16-24)22(26)13-12-21(25)11-9-18-8-10-19-6-2-3-7-20(19)15-18/h2-3,6-8,10,15-17H,4-5,9,11-14H2,1H3/q+1/t17-,23?/m1/s1. The van der Waals surface area contributed by atoms with E-state index in [4.69, 9.17) is 0 Å². The Morgan fingerprint density at radius 1 is 1.08 bits per heavy atom. The Kier molecular flexibility index (Phi) is 5.62. The Balaban J connectivity index is 1.52. The van der Waals surface area contributed by atoms with Crippen LogP contribution in [0.1, 0.15) is 44.6 Å². The number of hydrogen-bond acceptors (Lipinski definition) is 3. The number of amides is 2. The number of hydrogen-bond donors (Lipinski definition) is 0. The summed E-state index contributed by atoms with van der Waals surface area (Å²) < 4.78 is -0.0993. The number of likely N-dealkylation sites (tertiary alicyclic amines) is 1. The van der Waals surface area contributed by atoms with Gasteiger partial charge in [-0.25, -0.2) is 9.59 Å². The van der Waals surface area contributed by atoms with E-state index in [9.17, 15) is 14.4 Å². The van der Waals surface area contributed by atoms with Crippen LogP contribution in [0.4, 0.5) is 0 Å². The average Bonchev–Trinajstić information content (AvgIpc) is 3.05. The quantitative estimate of drug-likeness (QED) is 0.562. The summed E-state index contributed by atoms with van der Waals surface area (Å²) in [7, 11) is 0. The van der Waals surface area contributed by atoms with Crippen LogP contribution in [0.5, 0.6) is 0 Å². The highest BCUT2D eigenvalue weighted by atomic mass is 16.2. The third-order valence-electron chi connectivity index (χ3n) is 5.71. The summed E-state index contributed by atoms with van der Waals surface area (Å²) in [5, 5.41) is 2.36. The second kappa shape index (κ2) is 7.92. The SMILES string of the molecule is C[C@@H]1CCC[N+]1(C=O)C(=O)CCC(=O)CCc1ccc2ccccc2c1. The van der Waals surface area contributed by atoms with E-state index in [1.807, 2.05) is 19.1 Å². The fraction of sp³-hybridized carbons (Fsp3) is 0.409. The molecule has 0 aromatic heterocycles. The Bertz CT molecular complexity index is 829. The molecule has 1 aliphatic heterocycles. The zero-order valence-electron chi connectivity index (χ0n) is 15.3. The van der Waals surface area contributed by atoms with Gasteiger partial charge in [0.1, 0.15) is 11.8 Å². The van der Waals surface area contributed by atoms with Gasteiger partial charge in [0.2, 0.25) is 0 Å². The Morgan fingerprint density at radius 3 is 2.54 bits per heavy atom. The minimum atomic E-state index is -0.107. The summed E-state index contributed by atoms with van der Waals surface area (Å²) >= 11 is 0. The van der Waals surface area contributed by atoms with Crippen LogP contribution in [0.3, 0.4) is 0 Å². The smallest absolute Gasteiger partial charge is 0.300 e. The molecule has 1 saturated heterocycles. The van der Waals surface area contributed by atoms with E-state index in [0.717, 1.165) is 24.8 Å².